The summed E-state index contributed by atoms with van der Waals surface area (Å²) in [5.41, 5.74) is 2.45. The van der Waals surface area contributed by atoms with E-state index in [0.717, 1.165) is 30.4 Å². The van der Waals surface area contributed by atoms with Gasteiger partial charge in [-0.2, -0.15) is 0 Å². The maximum atomic E-state index is 13.5. The SMILES string of the molecule is CCC(CC)Cn1c(=S)[nH]c2cc(F)c(C)cc21. The minimum Gasteiger partial charge on any atom is -0.330 e. The number of rotatable bonds is 4. The van der Waals surface area contributed by atoms with Gasteiger partial charge in [-0.3, -0.25) is 0 Å². The standard InChI is InChI=1S/C14H19FN2S/c1-4-10(5-2)8-17-13-6-9(3)11(15)7-12(13)16-14(17)18/h6-7,10H,4-5,8H2,1-3H3,(H,16,18). The van der Waals surface area contributed by atoms with E-state index in [9.17, 15) is 4.39 Å². The number of H-pyrrole nitrogens is 1. The molecule has 0 fully saturated rings. The fourth-order valence-electron chi connectivity index (χ4n) is 2.27. The predicted molar refractivity (Wildman–Crippen MR) is 75.9 cm³/mol. The van der Waals surface area contributed by atoms with Crippen LogP contribution in [0.4, 0.5) is 4.39 Å². The molecule has 1 N–H and O–H groups in total. The van der Waals surface area contributed by atoms with Crippen molar-refractivity contribution < 1.29 is 4.39 Å². The minimum atomic E-state index is -0.187. The number of aryl methyl sites for hydroxylation is 1. The molecule has 0 aliphatic carbocycles. The summed E-state index contributed by atoms with van der Waals surface area (Å²) in [5, 5.41) is 0. The van der Waals surface area contributed by atoms with Gasteiger partial charge in [0.15, 0.2) is 4.77 Å². The van der Waals surface area contributed by atoms with Crippen LogP contribution < -0.4 is 0 Å². The van der Waals surface area contributed by atoms with Gasteiger partial charge in [0.25, 0.3) is 0 Å². The highest BCUT2D eigenvalue weighted by Gasteiger charge is 2.11. The molecule has 98 valence electrons. The molecule has 2 aromatic rings. The Labute approximate surface area is 112 Å². The highest BCUT2D eigenvalue weighted by Crippen LogP contribution is 2.21. The van der Waals surface area contributed by atoms with E-state index in [2.05, 4.69) is 23.4 Å². The predicted octanol–water partition coefficient (Wildman–Crippen LogP) is 4.58. The van der Waals surface area contributed by atoms with Crippen LogP contribution in [0.1, 0.15) is 32.3 Å². The lowest BCUT2D eigenvalue weighted by atomic mass is 10.0. The third kappa shape index (κ3) is 2.34. The van der Waals surface area contributed by atoms with Crippen molar-refractivity contribution in [1.82, 2.24) is 9.55 Å². The number of nitrogens with zero attached hydrogens (tertiary/aromatic N) is 1. The Kier molecular flexibility index (Phi) is 3.85. The third-order valence-electron chi connectivity index (χ3n) is 3.65. The molecule has 0 spiro atoms. The van der Waals surface area contributed by atoms with Crippen LogP contribution in [0.2, 0.25) is 0 Å². The van der Waals surface area contributed by atoms with Crippen LogP contribution in [0.15, 0.2) is 12.1 Å². The second kappa shape index (κ2) is 5.22. The van der Waals surface area contributed by atoms with Crippen LogP contribution in [0.25, 0.3) is 11.0 Å². The molecule has 1 aromatic carbocycles. The van der Waals surface area contributed by atoms with Crippen molar-refractivity contribution in [2.45, 2.75) is 40.2 Å². The summed E-state index contributed by atoms with van der Waals surface area (Å²) >= 11 is 5.34. The van der Waals surface area contributed by atoms with Gasteiger partial charge in [-0.1, -0.05) is 26.7 Å². The lowest BCUT2D eigenvalue weighted by Crippen LogP contribution is -2.09. The number of benzene rings is 1. The fraction of sp³-hybridized carbons (Fsp3) is 0.500. The highest BCUT2D eigenvalue weighted by atomic mass is 32.1. The highest BCUT2D eigenvalue weighted by molar-refractivity contribution is 7.71. The number of aromatic nitrogens is 2. The van der Waals surface area contributed by atoms with Gasteiger partial charge in [0.05, 0.1) is 11.0 Å². The van der Waals surface area contributed by atoms with Crippen LogP contribution in [0.3, 0.4) is 0 Å². The van der Waals surface area contributed by atoms with Crippen LogP contribution >= 0.6 is 12.2 Å². The molecule has 0 radical (unpaired) electrons. The molecule has 0 aliphatic heterocycles. The summed E-state index contributed by atoms with van der Waals surface area (Å²) in [6.07, 6.45) is 2.26. The van der Waals surface area contributed by atoms with Crippen LogP contribution in [-0.4, -0.2) is 9.55 Å². The summed E-state index contributed by atoms with van der Waals surface area (Å²) in [7, 11) is 0. The molecule has 1 heterocycles. The topological polar surface area (TPSA) is 20.7 Å². The molecule has 2 rings (SSSR count). The number of imidazole rings is 1. The molecular weight excluding hydrogens is 247 g/mol. The van der Waals surface area contributed by atoms with Crippen LogP contribution in [0, 0.1) is 23.4 Å². The van der Waals surface area contributed by atoms with E-state index in [-0.39, 0.29) is 5.82 Å². The quantitative estimate of drug-likeness (QED) is 0.803. The second-order valence-electron chi connectivity index (χ2n) is 4.84. The molecule has 0 saturated heterocycles. The molecule has 0 aliphatic rings. The van der Waals surface area contributed by atoms with E-state index >= 15 is 0 Å². The zero-order chi connectivity index (χ0) is 13.3. The van der Waals surface area contributed by atoms with Gasteiger partial charge in [0.2, 0.25) is 0 Å². The molecule has 0 bridgehead atoms. The largest absolute Gasteiger partial charge is 0.330 e. The number of hydrogen-bond donors (Lipinski definition) is 1. The molecule has 2 nitrogen and oxygen atoms in total. The smallest absolute Gasteiger partial charge is 0.178 e. The van der Waals surface area contributed by atoms with E-state index in [0.29, 0.717) is 16.3 Å². The molecule has 4 heteroatoms. The number of nitrogens with one attached hydrogen (secondary N) is 1. The van der Waals surface area contributed by atoms with E-state index in [1.54, 1.807) is 6.92 Å². The van der Waals surface area contributed by atoms with Gasteiger partial charge in [-0.25, -0.2) is 4.39 Å². The summed E-state index contributed by atoms with van der Waals surface area (Å²) in [6, 6.07) is 3.41. The van der Waals surface area contributed by atoms with Crippen molar-refractivity contribution in [1.29, 1.82) is 0 Å². The van der Waals surface area contributed by atoms with Crippen LogP contribution in [0.5, 0.6) is 0 Å². The maximum absolute atomic E-state index is 13.5. The van der Waals surface area contributed by atoms with Crippen molar-refractivity contribution in [3.63, 3.8) is 0 Å². The van der Waals surface area contributed by atoms with Gasteiger partial charge in [0, 0.05) is 6.54 Å². The number of aromatic amines is 1. The Morgan fingerprint density at radius 3 is 2.61 bits per heavy atom. The third-order valence-corrected chi connectivity index (χ3v) is 3.97. The van der Waals surface area contributed by atoms with E-state index in [4.69, 9.17) is 12.2 Å². The van der Waals surface area contributed by atoms with E-state index < -0.39 is 0 Å². The molecule has 0 unspecified atom stereocenters. The lowest BCUT2D eigenvalue weighted by molar-refractivity contribution is 0.422. The number of hydrogen-bond acceptors (Lipinski definition) is 1. The fourth-order valence-corrected chi connectivity index (χ4v) is 2.55. The minimum absolute atomic E-state index is 0.187. The summed E-state index contributed by atoms with van der Waals surface area (Å²) < 4.78 is 16.3. The Hall–Kier alpha value is -1.16. The zero-order valence-electron chi connectivity index (χ0n) is 11.1. The number of halogens is 1. The maximum Gasteiger partial charge on any atom is 0.178 e. The van der Waals surface area contributed by atoms with Crippen molar-refractivity contribution >= 4 is 23.3 Å². The Morgan fingerprint density at radius 2 is 2.00 bits per heavy atom. The average Bonchev–Trinajstić information content (AvgIpc) is 2.63. The van der Waals surface area contributed by atoms with E-state index in [1.807, 2.05) is 6.07 Å². The van der Waals surface area contributed by atoms with Crippen molar-refractivity contribution in [3.05, 3.63) is 28.3 Å². The molecule has 0 atom stereocenters. The Bertz CT molecular complexity index is 608. The lowest BCUT2D eigenvalue weighted by Gasteiger charge is -2.13. The van der Waals surface area contributed by atoms with Crippen molar-refractivity contribution in [2.24, 2.45) is 5.92 Å². The molecular formula is C14H19FN2S. The normalized spacial score (nSPS) is 11.6. The van der Waals surface area contributed by atoms with Crippen molar-refractivity contribution in [3.8, 4) is 0 Å². The molecule has 0 amide bonds. The van der Waals surface area contributed by atoms with Crippen molar-refractivity contribution in [2.75, 3.05) is 0 Å². The van der Waals surface area contributed by atoms with Gasteiger partial charge in [-0.05, 0) is 42.8 Å². The van der Waals surface area contributed by atoms with E-state index in [1.165, 1.54) is 6.07 Å². The number of fused-ring (bicyclic) bond motifs is 1. The van der Waals surface area contributed by atoms with Gasteiger partial charge in [0.1, 0.15) is 5.82 Å². The Morgan fingerprint density at radius 1 is 1.33 bits per heavy atom. The molecule has 0 saturated carbocycles. The van der Waals surface area contributed by atoms with Crippen LogP contribution in [-0.2, 0) is 6.54 Å². The van der Waals surface area contributed by atoms with Gasteiger partial charge in [-0.15, -0.1) is 0 Å². The zero-order valence-corrected chi connectivity index (χ0v) is 11.9. The first-order valence-electron chi connectivity index (χ1n) is 6.45. The average molecular weight is 266 g/mol. The molecule has 1 aromatic heterocycles. The first kappa shape index (κ1) is 13.3. The monoisotopic (exact) mass is 266 g/mol. The van der Waals surface area contributed by atoms with Gasteiger partial charge < -0.3 is 9.55 Å². The Balaban J connectivity index is 2.53. The summed E-state index contributed by atoms with van der Waals surface area (Å²) in [6.45, 7) is 7.07. The summed E-state index contributed by atoms with van der Waals surface area (Å²) in [4.78, 5) is 3.09. The summed E-state index contributed by atoms with van der Waals surface area (Å²) in [5.74, 6) is 0.425. The molecule has 18 heavy (non-hydrogen) atoms. The second-order valence-corrected chi connectivity index (χ2v) is 5.23. The van der Waals surface area contributed by atoms with Gasteiger partial charge >= 0.3 is 0 Å². The first-order chi connectivity index (χ1) is 8.56. The first-order valence-corrected chi connectivity index (χ1v) is 6.86.